The van der Waals surface area contributed by atoms with E-state index < -0.39 is 0 Å². The smallest absolute Gasteiger partial charge is 0.200 e. The van der Waals surface area contributed by atoms with E-state index in [4.69, 9.17) is 9.15 Å². The second kappa shape index (κ2) is 5.25. The standard InChI is InChI=1S/C12H14N6O2/c1-8-3-4-10(20-8)9(7-19-2)13-11-5-6-12-14-16-17-18(12)15-11/h3-6,9H,7H2,1-2H3,(H,13,15)/t9-/m1/s1. The molecule has 0 spiro atoms. The molecule has 3 rings (SSSR count). The molecule has 0 aliphatic rings. The molecule has 0 aliphatic carbocycles. The van der Waals surface area contributed by atoms with E-state index in [1.807, 2.05) is 25.1 Å². The van der Waals surface area contributed by atoms with Gasteiger partial charge in [-0.3, -0.25) is 0 Å². The molecular weight excluding hydrogens is 260 g/mol. The van der Waals surface area contributed by atoms with Gasteiger partial charge in [0.1, 0.15) is 23.4 Å². The molecule has 0 fully saturated rings. The van der Waals surface area contributed by atoms with Crippen molar-refractivity contribution in [3.05, 3.63) is 35.8 Å². The maximum Gasteiger partial charge on any atom is 0.200 e. The van der Waals surface area contributed by atoms with Crippen LogP contribution in [0.1, 0.15) is 17.6 Å². The first kappa shape index (κ1) is 12.5. The number of furan rings is 1. The number of nitrogens with one attached hydrogen (secondary N) is 1. The zero-order chi connectivity index (χ0) is 13.9. The highest BCUT2D eigenvalue weighted by molar-refractivity contribution is 5.43. The SMILES string of the molecule is COC[C@@H](Nc1ccc2nnnn2n1)c1ccc(C)o1. The van der Waals surface area contributed by atoms with Gasteiger partial charge in [0.2, 0.25) is 0 Å². The summed E-state index contributed by atoms with van der Waals surface area (Å²) in [4.78, 5) is 0. The molecule has 0 bridgehead atoms. The van der Waals surface area contributed by atoms with Crippen molar-refractivity contribution in [3.8, 4) is 0 Å². The minimum absolute atomic E-state index is 0.130. The quantitative estimate of drug-likeness (QED) is 0.748. The minimum atomic E-state index is -0.130. The third-order valence-electron chi connectivity index (χ3n) is 2.83. The molecule has 0 saturated carbocycles. The topological polar surface area (TPSA) is 90.4 Å². The summed E-state index contributed by atoms with van der Waals surface area (Å²) in [5.41, 5.74) is 0.590. The van der Waals surface area contributed by atoms with Crippen molar-refractivity contribution >= 4 is 11.5 Å². The second-order valence-corrected chi connectivity index (χ2v) is 4.35. The normalized spacial score (nSPS) is 12.7. The first-order chi connectivity index (χ1) is 9.76. The van der Waals surface area contributed by atoms with Crippen molar-refractivity contribution < 1.29 is 9.15 Å². The van der Waals surface area contributed by atoms with Crippen LogP contribution < -0.4 is 5.32 Å². The maximum absolute atomic E-state index is 5.63. The Balaban J connectivity index is 1.85. The van der Waals surface area contributed by atoms with Crippen LogP contribution in [0, 0.1) is 6.92 Å². The second-order valence-electron chi connectivity index (χ2n) is 4.35. The van der Waals surface area contributed by atoms with E-state index in [0.717, 1.165) is 11.5 Å². The van der Waals surface area contributed by atoms with Crippen molar-refractivity contribution in [3.63, 3.8) is 0 Å². The van der Waals surface area contributed by atoms with Gasteiger partial charge in [-0.1, -0.05) is 0 Å². The number of aryl methyl sites for hydroxylation is 1. The molecule has 20 heavy (non-hydrogen) atoms. The summed E-state index contributed by atoms with van der Waals surface area (Å²) in [5.74, 6) is 2.29. The number of ether oxygens (including phenoxy) is 1. The number of aromatic nitrogens is 5. The fraction of sp³-hybridized carbons (Fsp3) is 0.333. The molecule has 104 valence electrons. The monoisotopic (exact) mass is 274 g/mol. The third-order valence-corrected chi connectivity index (χ3v) is 2.83. The Bertz CT molecular complexity index is 707. The summed E-state index contributed by atoms with van der Waals surface area (Å²) < 4.78 is 12.2. The molecule has 1 atom stereocenters. The number of rotatable bonds is 5. The number of methoxy groups -OCH3 is 1. The predicted molar refractivity (Wildman–Crippen MR) is 70.3 cm³/mol. The van der Waals surface area contributed by atoms with Crippen LogP contribution in [0.25, 0.3) is 5.65 Å². The lowest BCUT2D eigenvalue weighted by molar-refractivity contribution is 0.178. The van der Waals surface area contributed by atoms with Crippen LogP contribution in [0.15, 0.2) is 28.7 Å². The van der Waals surface area contributed by atoms with Crippen molar-refractivity contribution in [1.82, 2.24) is 25.3 Å². The molecule has 3 aromatic heterocycles. The van der Waals surface area contributed by atoms with Crippen molar-refractivity contribution in [2.75, 3.05) is 19.0 Å². The zero-order valence-corrected chi connectivity index (χ0v) is 11.1. The lowest BCUT2D eigenvalue weighted by Crippen LogP contribution is -2.17. The summed E-state index contributed by atoms with van der Waals surface area (Å²) in [7, 11) is 1.64. The van der Waals surface area contributed by atoms with Crippen molar-refractivity contribution in [1.29, 1.82) is 0 Å². The first-order valence-electron chi connectivity index (χ1n) is 6.13. The number of hydrogen-bond donors (Lipinski definition) is 1. The van der Waals surface area contributed by atoms with Gasteiger partial charge < -0.3 is 14.5 Å². The highest BCUT2D eigenvalue weighted by Crippen LogP contribution is 2.20. The lowest BCUT2D eigenvalue weighted by Gasteiger charge is -2.16. The van der Waals surface area contributed by atoms with Crippen LogP contribution in [-0.2, 0) is 4.74 Å². The molecule has 0 saturated heterocycles. The molecule has 8 heteroatoms. The first-order valence-corrected chi connectivity index (χ1v) is 6.13. The Morgan fingerprint density at radius 3 is 3.00 bits per heavy atom. The Morgan fingerprint density at radius 2 is 2.25 bits per heavy atom. The fourth-order valence-corrected chi connectivity index (χ4v) is 1.91. The van der Waals surface area contributed by atoms with Crippen LogP contribution in [0.3, 0.4) is 0 Å². The Kier molecular flexibility index (Phi) is 3.30. The third kappa shape index (κ3) is 2.45. The van der Waals surface area contributed by atoms with Crippen LogP contribution >= 0.6 is 0 Å². The van der Waals surface area contributed by atoms with Crippen LogP contribution in [0.2, 0.25) is 0 Å². The molecule has 3 aromatic rings. The van der Waals surface area contributed by atoms with Gasteiger partial charge in [0, 0.05) is 7.11 Å². The number of fused-ring (bicyclic) bond motifs is 1. The van der Waals surface area contributed by atoms with Crippen LogP contribution in [-0.4, -0.2) is 39.0 Å². The minimum Gasteiger partial charge on any atom is -0.464 e. The Morgan fingerprint density at radius 1 is 1.35 bits per heavy atom. The molecule has 8 nitrogen and oxygen atoms in total. The van der Waals surface area contributed by atoms with Gasteiger partial charge in [0.15, 0.2) is 5.65 Å². The van der Waals surface area contributed by atoms with E-state index in [-0.39, 0.29) is 6.04 Å². The van der Waals surface area contributed by atoms with Crippen LogP contribution in [0.4, 0.5) is 5.82 Å². The fourth-order valence-electron chi connectivity index (χ4n) is 1.91. The van der Waals surface area contributed by atoms with E-state index in [2.05, 4.69) is 25.9 Å². The van der Waals surface area contributed by atoms with Gasteiger partial charge in [0.05, 0.1) is 6.61 Å². The Hall–Kier alpha value is -2.48. The summed E-state index contributed by atoms with van der Waals surface area (Å²) in [6, 6.07) is 7.30. The molecule has 0 aliphatic heterocycles. The van der Waals surface area contributed by atoms with Gasteiger partial charge in [0.25, 0.3) is 0 Å². The highest BCUT2D eigenvalue weighted by atomic mass is 16.5. The van der Waals surface area contributed by atoms with E-state index >= 15 is 0 Å². The van der Waals surface area contributed by atoms with Crippen molar-refractivity contribution in [2.45, 2.75) is 13.0 Å². The van der Waals surface area contributed by atoms with E-state index in [1.54, 1.807) is 13.2 Å². The van der Waals surface area contributed by atoms with E-state index in [9.17, 15) is 0 Å². The van der Waals surface area contributed by atoms with Crippen LogP contribution in [0.5, 0.6) is 0 Å². The number of nitrogens with zero attached hydrogens (tertiary/aromatic N) is 5. The van der Waals surface area contributed by atoms with E-state index in [0.29, 0.717) is 18.1 Å². The summed E-state index contributed by atoms with van der Waals surface area (Å²) in [5, 5.41) is 18.6. The predicted octanol–water partition coefficient (Wildman–Crippen LogP) is 1.22. The van der Waals surface area contributed by atoms with Gasteiger partial charge in [-0.25, -0.2) is 0 Å². The number of tetrazole rings is 1. The van der Waals surface area contributed by atoms with Gasteiger partial charge >= 0.3 is 0 Å². The summed E-state index contributed by atoms with van der Waals surface area (Å²) in [6.07, 6.45) is 0. The molecule has 1 N–H and O–H groups in total. The molecule has 0 aromatic carbocycles. The van der Waals surface area contributed by atoms with Crippen molar-refractivity contribution in [2.24, 2.45) is 0 Å². The summed E-state index contributed by atoms with van der Waals surface area (Å²) >= 11 is 0. The largest absolute Gasteiger partial charge is 0.464 e. The molecular formula is C12H14N6O2. The lowest BCUT2D eigenvalue weighted by atomic mass is 10.2. The summed E-state index contributed by atoms with van der Waals surface area (Å²) in [6.45, 7) is 2.36. The highest BCUT2D eigenvalue weighted by Gasteiger charge is 2.16. The van der Waals surface area contributed by atoms with Gasteiger partial charge in [-0.15, -0.1) is 14.8 Å². The number of anilines is 1. The molecule has 0 unspecified atom stereocenters. The van der Waals surface area contributed by atoms with Gasteiger partial charge in [-0.05, 0) is 41.6 Å². The zero-order valence-electron chi connectivity index (χ0n) is 11.1. The molecule has 3 heterocycles. The molecule has 0 radical (unpaired) electrons. The van der Waals surface area contributed by atoms with Gasteiger partial charge in [-0.2, -0.15) is 0 Å². The molecule has 0 amide bonds. The average Bonchev–Trinajstić information content (AvgIpc) is 3.06. The average molecular weight is 274 g/mol. The number of hydrogen-bond acceptors (Lipinski definition) is 7. The van der Waals surface area contributed by atoms with E-state index in [1.165, 1.54) is 4.63 Å². The maximum atomic E-state index is 5.63. The Labute approximate surface area is 114 Å².